The van der Waals surface area contributed by atoms with Crippen molar-refractivity contribution in [2.45, 2.75) is 25.3 Å². The summed E-state index contributed by atoms with van der Waals surface area (Å²) in [4.78, 5) is 17.5. The lowest BCUT2D eigenvalue weighted by atomic mass is 10.0. The molecule has 16 heavy (non-hydrogen) atoms. The van der Waals surface area contributed by atoms with Crippen LogP contribution in [-0.2, 0) is 4.79 Å². The molecule has 1 aromatic heterocycles. The van der Waals surface area contributed by atoms with Gasteiger partial charge in [0.25, 0.3) is 0 Å². The van der Waals surface area contributed by atoms with Gasteiger partial charge in [0.05, 0.1) is 5.02 Å². The lowest BCUT2D eigenvalue weighted by Crippen LogP contribution is -2.48. The van der Waals surface area contributed by atoms with E-state index in [0.717, 1.165) is 31.6 Å². The Morgan fingerprint density at radius 3 is 2.94 bits per heavy atom. The van der Waals surface area contributed by atoms with E-state index in [1.165, 1.54) is 0 Å². The van der Waals surface area contributed by atoms with E-state index in [-0.39, 0.29) is 11.9 Å². The minimum Gasteiger partial charge on any atom is -0.368 e. The molecule has 0 aliphatic carbocycles. The number of pyridine rings is 1. The van der Waals surface area contributed by atoms with Crippen LogP contribution in [0.4, 0.5) is 5.82 Å². The van der Waals surface area contributed by atoms with Crippen LogP contribution in [-0.4, -0.2) is 23.5 Å². The van der Waals surface area contributed by atoms with E-state index in [0.29, 0.717) is 5.02 Å². The predicted octanol–water partition coefficient (Wildman–Crippen LogP) is 1.58. The number of hydrogen-bond donors (Lipinski definition) is 1. The summed E-state index contributed by atoms with van der Waals surface area (Å²) in [5.41, 5.74) is 5.39. The van der Waals surface area contributed by atoms with Crippen LogP contribution >= 0.6 is 11.6 Å². The summed E-state index contributed by atoms with van der Waals surface area (Å²) in [6.07, 6.45) is 4.50. The number of carbonyl (C=O) groups is 1. The maximum atomic E-state index is 11.3. The zero-order chi connectivity index (χ0) is 11.5. The summed E-state index contributed by atoms with van der Waals surface area (Å²) in [5, 5.41) is 0.594. The molecule has 0 aromatic carbocycles. The van der Waals surface area contributed by atoms with Crippen molar-refractivity contribution in [1.29, 1.82) is 0 Å². The second-order valence-corrected chi connectivity index (χ2v) is 4.38. The normalized spacial score (nSPS) is 20.8. The topological polar surface area (TPSA) is 59.2 Å². The zero-order valence-corrected chi connectivity index (χ0v) is 9.65. The molecule has 0 radical (unpaired) electrons. The molecule has 0 bridgehead atoms. The van der Waals surface area contributed by atoms with Gasteiger partial charge in [-0.3, -0.25) is 4.79 Å². The van der Waals surface area contributed by atoms with Crippen LogP contribution in [0.1, 0.15) is 19.3 Å². The third-order valence-corrected chi connectivity index (χ3v) is 3.06. The highest BCUT2D eigenvalue weighted by Crippen LogP contribution is 2.23. The van der Waals surface area contributed by atoms with E-state index in [9.17, 15) is 4.79 Å². The lowest BCUT2D eigenvalue weighted by Gasteiger charge is -2.34. The summed E-state index contributed by atoms with van der Waals surface area (Å²) in [7, 11) is 0. The Bertz CT molecular complexity index is 379. The van der Waals surface area contributed by atoms with Crippen molar-refractivity contribution in [2.24, 2.45) is 5.73 Å². The van der Waals surface area contributed by atoms with Gasteiger partial charge in [-0.15, -0.1) is 0 Å². The average Bonchev–Trinajstić information content (AvgIpc) is 2.30. The first-order valence-electron chi connectivity index (χ1n) is 5.36. The maximum absolute atomic E-state index is 11.3. The zero-order valence-electron chi connectivity index (χ0n) is 8.90. The third kappa shape index (κ3) is 2.27. The highest BCUT2D eigenvalue weighted by Gasteiger charge is 2.27. The fraction of sp³-hybridized carbons (Fsp3) is 0.455. The fourth-order valence-corrected chi connectivity index (χ4v) is 2.15. The Morgan fingerprint density at radius 2 is 2.31 bits per heavy atom. The minimum atomic E-state index is -0.281. The van der Waals surface area contributed by atoms with Crippen molar-refractivity contribution in [1.82, 2.24) is 4.98 Å². The van der Waals surface area contributed by atoms with Crippen LogP contribution < -0.4 is 10.6 Å². The fourth-order valence-electron chi connectivity index (χ4n) is 2.04. The molecular weight excluding hydrogens is 226 g/mol. The molecule has 1 amide bonds. The Labute approximate surface area is 99.4 Å². The maximum Gasteiger partial charge on any atom is 0.240 e. The number of aromatic nitrogens is 1. The number of nitrogens with two attached hydrogens (primary N) is 1. The molecule has 86 valence electrons. The second kappa shape index (κ2) is 4.70. The van der Waals surface area contributed by atoms with E-state index in [4.69, 9.17) is 17.3 Å². The highest BCUT2D eigenvalue weighted by atomic mass is 35.5. The number of rotatable bonds is 2. The average molecular weight is 240 g/mol. The van der Waals surface area contributed by atoms with E-state index in [2.05, 4.69) is 4.98 Å². The standard InChI is InChI=1S/C11H14ClN3O/c12-8-4-5-10(14-7-8)15-6-2-1-3-9(15)11(13)16/h4-5,7,9H,1-3,6H2,(H2,13,16). The van der Waals surface area contributed by atoms with E-state index in [1.54, 1.807) is 12.3 Å². The largest absolute Gasteiger partial charge is 0.368 e. The molecule has 1 atom stereocenters. The Hall–Kier alpha value is -1.29. The Kier molecular flexibility index (Phi) is 3.29. The minimum absolute atomic E-state index is 0.234. The van der Waals surface area contributed by atoms with Gasteiger partial charge in [-0.1, -0.05) is 11.6 Å². The lowest BCUT2D eigenvalue weighted by molar-refractivity contribution is -0.119. The monoisotopic (exact) mass is 239 g/mol. The SMILES string of the molecule is NC(=O)C1CCCCN1c1ccc(Cl)cn1. The quantitative estimate of drug-likeness (QED) is 0.853. The molecule has 1 aliphatic rings. The number of piperidine rings is 1. The van der Waals surface area contributed by atoms with Gasteiger partial charge in [0.2, 0.25) is 5.91 Å². The van der Waals surface area contributed by atoms with Gasteiger partial charge in [-0.05, 0) is 31.4 Å². The smallest absolute Gasteiger partial charge is 0.240 e. The Morgan fingerprint density at radius 1 is 1.50 bits per heavy atom. The first kappa shape index (κ1) is 11.2. The van der Waals surface area contributed by atoms with Gasteiger partial charge in [-0.2, -0.15) is 0 Å². The van der Waals surface area contributed by atoms with Gasteiger partial charge in [0.15, 0.2) is 0 Å². The molecule has 4 nitrogen and oxygen atoms in total. The molecule has 2 heterocycles. The van der Waals surface area contributed by atoms with Crippen LogP contribution in [0.2, 0.25) is 5.02 Å². The summed E-state index contributed by atoms with van der Waals surface area (Å²) in [6.45, 7) is 0.822. The second-order valence-electron chi connectivity index (χ2n) is 3.94. The van der Waals surface area contributed by atoms with Crippen molar-refractivity contribution < 1.29 is 4.79 Å². The van der Waals surface area contributed by atoms with E-state index < -0.39 is 0 Å². The number of amides is 1. The highest BCUT2D eigenvalue weighted by molar-refractivity contribution is 6.30. The molecule has 0 saturated carbocycles. The molecule has 1 aliphatic heterocycles. The molecule has 2 rings (SSSR count). The van der Waals surface area contributed by atoms with Crippen molar-refractivity contribution in [3.05, 3.63) is 23.4 Å². The molecule has 1 saturated heterocycles. The van der Waals surface area contributed by atoms with Crippen LogP contribution in [0.15, 0.2) is 18.3 Å². The number of nitrogens with zero attached hydrogens (tertiary/aromatic N) is 2. The van der Waals surface area contributed by atoms with Crippen LogP contribution in [0.25, 0.3) is 0 Å². The summed E-state index contributed by atoms with van der Waals surface area (Å²) in [5.74, 6) is 0.490. The molecular formula is C11H14ClN3O. The van der Waals surface area contributed by atoms with Gasteiger partial charge in [0.1, 0.15) is 11.9 Å². The van der Waals surface area contributed by atoms with E-state index >= 15 is 0 Å². The number of halogens is 1. The van der Waals surface area contributed by atoms with Gasteiger partial charge >= 0.3 is 0 Å². The van der Waals surface area contributed by atoms with Gasteiger partial charge < -0.3 is 10.6 Å². The van der Waals surface area contributed by atoms with Crippen molar-refractivity contribution in [3.8, 4) is 0 Å². The predicted molar refractivity (Wildman–Crippen MR) is 63.4 cm³/mol. The van der Waals surface area contributed by atoms with Crippen LogP contribution in [0, 0.1) is 0 Å². The first-order chi connectivity index (χ1) is 7.68. The van der Waals surface area contributed by atoms with Gasteiger partial charge in [0, 0.05) is 12.7 Å². The third-order valence-electron chi connectivity index (χ3n) is 2.84. The first-order valence-corrected chi connectivity index (χ1v) is 5.74. The van der Waals surface area contributed by atoms with Crippen molar-refractivity contribution in [2.75, 3.05) is 11.4 Å². The number of hydrogen-bond acceptors (Lipinski definition) is 3. The van der Waals surface area contributed by atoms with Crippen molar-refractivity contribution >= 4 is 23.3 Å². The summed E-state index contributed by atoms with van der Waals surface area (Å²) in [6, 6.07) is 3.36. The molecule has 1 aromatic rings. The van der Waals surface area contributed by atoms with Gasteiger partial charge in [-0.25, -0.2) is 4.98 Å². The summed E-state index contributed by atoms with van der Waals surface area (Å²) < 4.78 is 0. The van der Waals surface area contributed by atoms with Crippen molar-refractivity contribution in [3.63, 3.8) is 0 Å². The van der Waals surface area contributed by atoms with E-state index in [1.807, 2.05) is 11.0 Å². The van der Waals surface area contributed by atoms with Crippen LogP contribution in [0.5, 0.6) is 0 Å². The molecule has 1 fully saturated rings. The number of carbonyl (C=O) groups excluding carboxylic acids is 1. The number of primary amides is 1. The molecule has 2 N–H and O–H groups in total. The molecule has 1 unspecified atom stereocenters. The molecule has 5 heteroatoms. The molecule has 0 spiro atoms. The Balaban J connectivity index is 2.23. The summed E-state index contributed by atoms with van der Waals surface area (Å²) >= 11 is 5.78. The van der Waals surface area contributed by atoms with Crippen LogP contribution in [0.3, 0.4) is 0 Å². The number of anilines is 1.